The lowest BCUT2D eigenvalue weighted by Crippen LogP contribution is -2.10. The molecular weight excluding hydrogens is 335 g/mol. The molecule has 3 nitrogen and oxygen atoms in total. The molecule has 82 valence electrons. The molecule has 0 radical (unpaired) electrons. The van der Waals surface area contributed by atoms with Gasteiger partial charge in [0.05, 0.1) is 8.45 Å². The Kier molecular flexibility index (Phi) is 3.45. The van der Waals surface area contributed by atoms with Gasteiger partial charge in [-0.15, -0.1) is 11.3 Å². The highest BCUT2D eigenvalue weighted by Crippen LogP contribution is 2.18. The molecule has 0 fully saturated rings. The predicted molar refractivity (Wildman–Crippen MR) is 75.8 cm³/mol. The number of benzene rings is 1. The van der Waals surface area contributed by atoms with E-state index in [-0.39, 0.29) is 5.91 Å². The monoisotopic (exact) mass is 344 g/mol. The fourth-order valence-corrected chi connectivity index (χ4v) is 2.58. The first-order valence-corrected chi connectivity index (χ1v) is 6.52. The lowest BCUT2D eigenvalue weighted by Gasteiger charge is -2.03. The van der Waals surface area contributed by atoms with E-state index < -0.39 is 0 Å². The Labute approximate surface area is 111 Å². The van der Waals surface area contributed by atoms with Crippen molar-refractivity contribution in [3.63, 3.8) is 0 Å². The van der Waals surface area contributed by atoms with Crippen LogP contribution in [0.25, 0.3) is 0 Å². The minimum Gasteiger partial charge on any atom is -0.399 e. The second-order valence-corrected chi connectivity index (χ2v) is 6.02. The molecule has 0 unspecified atom stereocenters. The van der Waals surface area contributed by atoms with Crippen LogP contribution < -0.4 is 11.1 Å². The number of thiophene rings is 1. The fraction of sp³-hybridized carbons (Fsp3) is 0. The number of nitrogens with one attached hydrogen (secondary N) is 1. The van der Waals surface area contributed by atoms with Gasteiger partial charge in [-0.25, -0.2) is 0 Å². The van der Waals surface area contributed by atoms with Crippen LogP contribution in [0.1, 0.15) is 10.4 Å². The van der Waals surface area contributed by atoms with Crippen LogP contribution in [0.5, 0.6) is 0 Å². The summed E-state index contributed by atoms with van der Waals surface area (Å²) in [6.07, 6.45) is 0. The van der Waals surface area contributed by atoms with Crippen LogP contribution in [0, 0.1) is 2.88 Å². The molecule has 0 saturated carbocycles. The maximum atomic E-state index is 11.8. The molecular formula is C11H9IN2OS. The molecule has 1 amide bonds. The van der Waals surface area contributed by atoms with Gasteiger partial charge in [-0.2, -0.15) is 0 Å². The van der Waals surface area contributed by atoms with Crippen molar-refractivity contribution < 1.29 is 4.79 Å². The second kappa shape index (κ2) is 4.84. The van der Waals surface area contributed by atoms with Gasteiger partial charge in [0.2, 0.25) is 0 Å². The first-order valence-electron chi connectivity index (χ1n) is 4.56. The van der Waals surface area contributed by atoms with E-state index in [2.05, 4.69) is 27.9 Å². The van der Waals surface area contributed by atoms with Crippen LogP contribution in [-0.4, -0.2) is 5.91 Å². The van der Waals surface area contributed by atoms with E-state index in [1.165, 1.54) is 0 Å². The van der Waals surface area contributed by atoms with Crippen molar-refractivity contribution in [1.29, 1.82) is 0 Å². The molecule has 1 heterocycles. The van der Waals surface area contributed by atoms with E-state index in [1.54, 1.807) is 23.5 Å². The van der Waals surface area contributed by atoms with E-state index >= 15 is 0 Å². The lowest BCUT2D eigenvalue weighted by atomic mass is 10.2. The van der Waals surface area contributed by atoms with Crippen molar-refractivity contribution in [1.82, 2.24) is 0 Å². The molecule has 0 aliphatic rings. The minimum absolute atomic E-state index is 0.107. The highest BCUT2D eigenvalue weighted by Gasteiger charge is 2.07. The topological polar surface area (TPSA) is 55.1 Å². The van der Waals surface area contributed by atoms with Crippen LogP contribution >= 0.6 is 33.9 Å². The zero-order valence-electron chi connectivity index (χ0n) is 8.24. The van der Waals surface area contributed by atoms with E-state index in [9.17, 15) is 4.79 Å². The standard InChI is InChI=1S/C11H9IN2OS/c12-10-4-7(6-16-10)11(15)14-9-3-1-2-8(13)5-9/h1-6H,13H2,(H,14,15). The molecule has 0 spiro atoms. The number of carbonyl (C=O) groups excluding carboxylic acids is 1. The summed E-state index contributed by atoms with van der Waals surface area (Å²) in [5.41, 5.74) is 7.66. The number of carbonyl (C=O) groups is 1. The average Bonchev–Trinajstić information content (AvgIpc) is 2.65. The van der Waals surface area contributed by atoms with E-state index in [4.69, 9.17) is 5.73 Å². The predicted octanol–water partition coefficient (Wildman–Crippen LogP) is 3.19. The van der Waals surface area contributed by atoms with E-state index in [0.717, 1.165) is 2.88 Å². The summed E-state index contributed by atoms with van der Waals surface area (Å²) < 4.78 is 1.09. The first-order chi connectivity index (χ1) is 7.65. The van der Waals surface area contributed by atoms with Crippen LogP contribution in [0.15, 0.2) is 35.7 Å². The summed E-state index contributed by atoms with van der Waals surface area (Å²) in [7, 11) is 0. The molecule has 2 aromatic rings. The molecule has 3 N–H and O–H groups in total. The van der Waals surface area contributed by atoms with Gasteiger partial charge >= 0.3 is 0 Å². The van der Waals surface area contributed by atoms with Crippen molar-refractivity contribution in [2.24, 2.45) is 0 Å². The Bertz CT molecular complexity index is 524. The molecule has 1 aromatic carbocycles. The fourth-order valence-electron chi connectivity index (χ4n) is 1.25. The largest absolute Gasteiger partial charge is 0.399 e. The van der Waals surface area contributed by atoms with Crippen molar-refractivity contribution >= 4 is 51.2 Å². The van der Waals surface area contributed by atoms with Crippen LogP contribution in [0.2, 0.25) is 0 Å². The van der Waals surface area contributed by atoms with Gasteiger partial charge in [0, 0.05) is 16.8 Å². The second-order valence-electron chi connectivity index (χ2n) is 3.22. The maximum absolute atomic E-state index is 11.8. The first kappa shape index (κ1) is 11.4. The van der Waals surface area contributed by atoms with Gasteiger partial charge in [-0.3, -0.25) is 4.79 Å². The van der Waals surface area contributed by atoms with Crippen molar-refractivity contribution in [3.05, 3.63) is 44.2 Å². The van der Waals surface area contributed by atoms with Crippen LogP contribution in [0.3, 0.4) is 0 Å². The Morgan fingerprint density at radius 2 is 2.19 bits per heavy atom. The maximum Gasteiger partial charge on any atom is 0.256 e. The number of nitrogen functional groups attached to an aromatic ring is 1. The van der Waals surface area contributed by atoms with Gasteiger partial charge < -0.3 is 11.1 Å². The number of rotatable bonds is 2. The zero-order chi connectivity index (χ0) is 11.5. The highest BCUT2D eigenvalue weighted by atomic mass is 127. The van der Waals surface area contributed by atoms with Gasteiger partial charge in [-0.1, -0.05) is 6.07 Å². The number of nitrogens with two attached hydrogens (primary N) is 1. The Balaban J connectivity index is 2.13. The summed E-state index contributed by atoms with van der Waals surface area (Å²) in [5, 5.41) is 4.63. The third-order valence-electron chi connectivity index (χ3n) is 1.97. The molecule has 0 bridgehead atoms. The summed E-state index contributed by atoms with van der Waals surface area (Å²) >= 11 is 3.74. The summed E-state index contributed by atoms with van der Waals surface area (Å²) in [4.78, 5) is 11.8. The molecule has 0 atom stereocenters. The van der Waals surface area contributed by atoms with E-state index in [0.29, 0.717) is 16.9 Å². The number of halogens is 1. The molecule has 16 heavy (non-hydrogen) atoms. The minimum atomic E-state index is -0.107. The zero-order valence-corrected chi connectivity index (χ0v) is 11.2. The molecule has 2 rings (SSSR count). The number of anilines is 2. The highest BCUT2D eigenvalue weighted by molar-refractivity contribution is 14.1. The summed E-state index contributed by atoms with van der Waals surface area (Å²) in [6, 6.07) is 8.99. The number of hydrogen-bond acceptors (Lipinski definition) is 3. The molecule has 0 saturated heterocycles. The quantitative estimate of drug-likeness (QED) is 0.649. The SMILES string of the molecule is Nc1cccc(NC(=O)c2csc(I)c2)c1. The molecule has 5 heteroatoms. The average molecular weight is 344 g/mol. The van der Waals surface area contributed by atoms with Crippen LogP contribution in [0.4, 0.5) is 11.4 Å². The molecule has 0 aliphatic carbocycles. The van der Waals surface area contributed by atoms with Crippen molar-refractivity contribution in [2.45, 2.75) is 0 Å². The van der Waals surface area contributed by atoms with Gasteiger partial charge in [-0.05, 0) is 46.9 Å². The Hall–Kier alpha value is -1.08. The third-order valence-corrected chi connectivity index (χ3v) is 3.76. The van der Waals surface area contributed by atoms with Gasteiger partial charge in [0.15, 0.2) is 0 Å². The van der Waals surface area contributed by atoms with Gasteiger partial charge in [0.25, 0.3) is 5.91 Å². The van der Waals surface area contributed by atoms with Crippen molar-refractivity contribution in [3.8, 4) is 0 Å². The molecule has 1 aromatic heterocycles. The Morgan fingerprint density at radius 3 is 2.81 bits per heavy atom. The smallest absolute Gasteiger partial charge is 0.256 e. The summed E-state index contributed by atoms with van der Waals surface area (Å²) in [5.74, 6) is -0.107. The number of hydrogen-bond donors (Lipinski definition) is 2. The Morgan fingerprint density at radius 1 is 1.38 bits per heavy atom. The lowest BCUT2D eigenvalue weighted by molar-refractivity contribution is 0.102. The van der Waals surface area contributed by atoms with E-state index in [1.807, 2.05) is 23.6 Å². The molecule has 0 aliphatic heterocycles. The third kappa shape index (κ3) is 2.73. The normalized spacial score (nSPS) is 10.1. The summed E-state index contributed by atoms with van der Waals surface area (Å²) in [6.45, 7) is 0. The van der Waals surface area contributed by atoms with Crippen LogP contribution in [-0.2, 0) is 0 Å². The van der Waals surface area contributed by atoms with Gasteiger partial charge in [0.1, 0.15) is 0 Å². The van der Waals surface area contributed by atoms with Crippen molar-refractivity contribution in [2.75, 3.05) is 11.1 Å². The number of amides is 1.